The highest BCUT2D eigenvalue weighted by Crippen LogP contribution is 2.29. The van der Waals surface area contributed by atoms with E-state index in [0.29, 0.717) is 48.0 Å². The number of hydrogen-bond acceptors (Lipinski definition) is 6. The van der Waals surface area contributed by atoms with Crippen molar-refractivity contribution >= 4 is 28.8 Å². The quantitative estimate of drug-likeness (QED) is 0.471. The van der Waals surface area contributed by atoms with Crippen molar-refractivity contribution in [2.45, 2.75) is 32.0 Å². The van der Waals surface area contributed by atoms with Crippen molar-refractivity contribution in [3.63, 3.8) is 0 Å². The number of nitrogens with one attached hydrogen (secondary N) is 3. The maximum atomic E-state index is 12.9. The first kappa shape index (κ1) is 20.9. The molecule has 0 bridgehead atoms. The second kappa shape index (κ2) is 8.78. The van der Waals surface area contributed by atoms with Crippen molar-refractivity contribution in [3.8, 4) is 0 Å². The third kappa shape index (κ3) is 5.04. The van der Waals surface area contributed by atoms with E-state index in [1.54, 1.807) is 6.07 Å². The Morgan fingerprint density at radius 3 is 2.84 bits per heavy atom. The van der Waals surface area contributed by atoms with E-state index in [2.05, 4.69) is 30.6 Å². The van der Waals surface area contributed by atoms with Gasteiger partial charge in [0, 0.05) is 32.6 Å². The molecule has 4 rings (SSSR count). The summed E-state index contributed by atoms with van der Waals surface area (Å²) >= 11 is 0. The Morgan fingerprint density at radius 2 is 2.06 bits per heavy atom. The molecule has 3 aromatic rings. The molecule has 1 saturated heterocycles. The van der Waals surface area contributed by atoms with Gasteiger partial charge in [-0.3, -0.25) is 4.79 Å². The van der Waals surface area contributed by atoms with Crippen LogP contribution in [0.2, 0.25) is 0 Å². The van der Waals surface area contributed by atoms with Gasteiger partial charge in [0.1, 0.15) is 11.8 Å². The van der Waals surface area contributed by atoms with Crippen LogP contribution in [0.25, 0.3) is 11.2 Å². The summed E-state index contributed by atoms with van der Waals surface area (Å²) in [5.41, 5.74) is 0.796. The second-order valence-electron chi connectivity index (χ2n) is 7.32. The number of nitrogens with zero attached hydrogens (tertiary/aromatic N) is 4. The van der Waals surface area contributed by atoms with Crippen LogP contribution in [-0.2, 0) is 17.5 Å². The molecule has 2 aromatic heterocycles. The van der Waals surface area contributed by atoms with Gasteiger partial charge in [0.05, 0.1) is 5.56 Å². The minimum absolute atomic E-state index is 0.168. The van der Waals surface area contributed by atoms with Gasteiger partial charge in [0.25, 0.3) is 0 Å². The van der Waals surface area contributed by atoms with Crippen molar-refractivity contribution in [2.75, 3.05) is 30.3 Å². The molecule has 11 heteroatoms. The largest absolute Gasteiger partial charge is 0.416 e. The molecule has 0 radical (unpaired) electrons. The lowest BCUT2D eigenvalue weighted by Crippen LogP contribution is -2.27. The van der Waals surface area contributed by atoms with Gasteiger partial charge >= 0.3 is 6.18 Å². The molecule has 0 atom stereocenters. The molecule has 1 amide bonds. The number of halogens is 3. The van der Waals surface area contributed by atoms with E-state index in [0.717, 1.165) is 31.5 Å². The zero-order valence-corrected chi connectivity index (χ0v) is 16.7. The SMILES string of the molecule is O=C1CCCN1CCCNc1nc2ncnc(NCc3cccc(C(F)(F)F)c3)c2[nH]1. The first-order valence-corrected chi connectivity index (χ1v) is 10.0. The van der Waals surface area contributed by atoms with Gasteiger partial charge in [-0.1, -0.05) is 12.1 Å². The fraction of sp³-hybridized carbons (Fsp3) is 0.400. The number of benzene rings is 1. The second-order valence-corrected chi connectivity index (χ2v) is 7.32. The fourth-order valence-electron chi connectivity index (χ4n) is 3.51. The van der Waals surface area contributed by atoms with Crippen LogP contribution in [0, 0.1) is 0 Å². The van der Waals surface area contributed by atoms with Crippen LogP contribution in [0.1, 0.15) is 30.4 Å². The molecule has 1 aromatic carbocycles. The van der Waals surface area contributed by atoms with Gasteiger partial charge in [0.15, 0.2) is 11.5 Å². The van der Waals surface area contributed by atoms with Crippen LogP contribution in [0.4, 0.5) is 24.9 Å². The highest BCUT2D eigenvalue weighted by molar-refractivity contribution is 5.84. The maximum absolute atomic E-state index is 12.9. The number of aromatic nitrogens is 4. The molecule has 8 nitrogen and oxygen atoms in total. The van der Waals surface area contributed by atoms with Gasteiger partial charge in [-0.2, -0.15) is 18.2 Å². The summed E-state index contributed by atoms with van der Waals surface area (Å²) in [6.45, 7) is 2.32. The number of amides is 1. The highest BCUT2D eigenvalue weighted by atomic mass is 19.4. The van der Waals surface area contributed by atoms with Gasteiger partial charge < -0.3 is 20.5 Å². The van der Waals surface area contributed by atoms with E-state index in [1.807, 2.05) is 4.90 Å². The average Bonchev–Trinajstić information content (AvgIpc) is 3.35. The summed E-state index contributed by atoms with van der Waals surface area (Å²) in [4.78, 5) is 29.3. The van der Waals surface area contributed by atoms with E-state index in [-0.39, 0.29) is 12.5 Å². The van der Waals surface area contributed by atoms with Gasteiger partial charge in [-0.25, -0.2) is 9.97 Å². The van der Waals surface area contributed by atoms with Gasteiger partial charge in [-0.15, -0.1) is 0 Å². The van der Waals surface area contributed by atoms with Crippen molar-refractivity contribution in [2.24, 2.45) is 0 Å². The van der Waals surface area contributed by atoms with E-state index in [1.165, 1.54) is 12.4 Å². The van der Waals surface area contributed by atoms with E-state index in [9.17, 15) is 18.0 Å². The number of imidazole rings is 1. The van der Waals surface area contributed by atoms with Gasteiger partial charge in [-0.05, 0) is 30.5 Å². The fourth-order valence-corrected chi connectivity index (χ4v) is 3.51. The number of alkyl halides is 3. The van der Waals surface area contributed by atoms with Crippen LogP contribution in [0.15, 0.2) is 30.6 Å². The van der Waals surface area contributed by atoms with E-state index >= 15 is 0 Å². The highest BCUT2D eigenvalue weighted by Gasteiger charge is 2.30. The van der Waals surface area contributed by atoms with Crippen molar-refractivity contribution in [1.29, 1.82) is 0 Å². The van der Waals surface area contributed by atoms with Crippen LogP contribution < -0.4 is 10.6 Å². The number of aromatic amines is 1. The normalized spacial score (nSPS) is 14.4. The lowest BCUT2D eigenvalue weighted by Gasteiger charge is -2.14. The Labute approximate surface area is 176 Å². The Bertz CT molecular complexity index is 1070. The number of rotatable bonds is 8. The number of H-pyrrole nitrogens is 1. The number of anilines is 2. The number of hydrogen-bond donors (Lipinski definition) is 3. The Kier molecular flexibility index (Phi) is 5.92. The van der Waals surface area contributed by atoms with Crippen LogP contribution in [0.5, 0.6) is 0 Å². The summed E-state index contributed by atoms with van der Waals surface area (Å²) in [5, 5.41) is 6.22. The lowest BCUT2D eigenvalue weighted by atomic mass is 10.1. The Morgan fingerprint density at radius 1 is 1.19 bits per heavy atom. The molecule has 3 heterocycles. The van der Waals surface area contributed by atoms with Crippen LogP contribution in [0.3, 0.4) is 0 Å². The number of fused-ring (bicyclic) bond motifs is 1. The van der Waals surface area contributed by atoms with Crippen molar-refractivity contribution in [1.82, 2.24) is 24.8 Å². The molecular formula is C20H22F3N7O. The molecular weight excluding hydrogens is 411 g/mol. The third-order valence-corrected chi connectivity index (χ3v) is 5.07. The maximum Gasteiger partial charge on any atom is 0.416 e. The Hall–Kier alpha value is -3.37. The van der Waals surface area contributed by atoms with Crippen molar-refractivity contribution in [3.05, 3.63) is 41.7 Å². The van der Waals surface area contributed by atoms with E-state index in [4.69, 9.17) is 0 Å². The minimum Gasteiger partial charge on any atom is -0.364 e. The topological polar surface area (TPSA) is 98.8 Å². The molecule has 0 aliphatic carbocycles. The molecule has 1 fully saturated rings. The molecule has 31 heavy (non-hydrogen) atoms. The summed E-state index contributed by atoms with van der Waals surface area (Å²) < 4.78 is 38.7. The minimum atomic E-state index is -4.38. The average molecular weight is 433 g/mol. The van der Waals surface area contributed by atoms with E-state index < -0.39 is 11.7 Å². The zero-order chi connectivity index (χ0) is 21.8. The number of likely N-dealkylation sites (tertiary alicyclic amines) is 1. The molecule has 1 aliphatic rings. The Balaban J connectivity index is 1.37. The first-order chi connectivity index (χ1) is 14.9. The summed E-state index contributed by atoms with van der Waals surface area (Å²) in [7, 11) is 0. The summed E-state index contributed by atoms with van der Waals surface area (Å²) in [6.07, 6.45) is -0.698. The molecule has 0 saturated carbocycles. The smallest absolute Gasteiger partial charge is 0.364 e. The van der Waals surface area contributed by atoms with Crippen LogP contribution >= 0.6 is 0 Å². The predicted octanol–water partition coefficient (Wildman–Crippen LogP) is 3.41. The monoisotopic (exact) mass is 433 g/mol. The third-order valence-electron chi connectivity index (χ3n) is 5.07. The number of carbonyl (C=O) groups is 1. The summed E-state index contributed by atoms with van der Waals surface area (Å²) in [5.74, 6) is 1.17. The zero-order valence-electron chi connectivity index (χ0n) is 16.7. The predicted molar refractivity (Wildman–Crippen MR) is 109 cm³/mol. The van der Waals surface area contributed by atoms with Crippen LogP contribution in [-0.4, -0.2) is 50.4 Å². The molecule has 3 N–H and O–H groups in total. The number of carbonyl (C=O) groups excluding carboxylic acids is 1. The lowest BCUT2D eigenvalue weighted by molar-refractivity contribution is -0.137. The standard InChI is InChI=1S/C20H22F3N7O/c21-20(22,23)14-5-1-4-13(10-14)11-25-17-16-18(27-12-26-17)29-19(28-16)24-7-3-9-30-8-2-6-15(30)31/h1,4-5,10,12H,2-3,6-9,11H2,(H3,24,25,26,27,28,29). The molecule has 0 unspecified atom stereocenters. The molecule has 1 aliphatic heterocycles. The summed E-state index contributed by atoms with van der Waals surface area (Å²) in [6, 6.07) is 5.14. The molecule has 164 valence electrons. The van der Waals surface area contributed by atoms with Crippen molar-refractivity contribution < 1.29 is 18.0 Å². The van der Waals surface area contributed by atoms with Gasteiger partial charge in [0.2, 0.25) is 11.9 Å². The first-order valence-electron chi connectivity index (χ1n) is 10.0. The molecule has 0 spiro atoms.